The molecule has 0 saturated carbocycles. The van der Waals surface area contributed by atoms with E-state index in [0.29, 0.717) is 15.9 Å². The first-order chi connectivity index (χ1) is 10.9. The van der Waals surface area contributed by atoms with Crippen molar-refractivity contribution in [1.82, 2.24) is 4.90 Å². The van der Waals surface area contributed by atoms with Crippen LogP contribution in [0.1, 0.15) is 0 Å². The number of likely N-dealkylation sites (tertiary alicyclic amines) is 1. The SMILES string of the molecule is FC(F)(F)C(F)(Br)C(F)(F)N1C(F)(F)C(F)(F)C(F)(F)C1(F)C(F)(F)F. The van der Waals surface area contributed by atoms with E-state index in [-0.39, 0.29) is 0 Å². The summed E-state index contributed by atoms with van der Waals surface area (Å²) in [7, 11) is 0. The van der Waals surface area contributed by atoms with Crippen molar-refractivity contribution in [2.24, 2.45) is 0 Å². The Labute approximate surface area is 139 Å². The van der Waals surface area contributed by atoms with E-state index in [0.717, 1.165) is 0 Å². The smallest absolute Gasteiger partial charge is 0.212 e. The zero-order valence-corrected chi connectivity index (χ0v) is 12.5. The van der Waals surface area contributed by atoms with E-state index in [1.807, 2.05) is 0 Å². The molecule has 1 saturated heterocycles. The molecule has 2 atom stereocenters. The van der Waals surface area contributed by atoms with Crippen LogP contribution in [-0.4, -0.2) is 51.6 Å². The van der Waals surface area contributed by atoms with Crippen LogP contribution in [0.5, 0.6) is 0 Å². The van der Waals surface area contributed by atoms with Gasteiger partial charge in [-0.2, -0.15) is 61.5 Å². The van der Waals surface area contributed by atoms with Crippen molar-refractivity contribution in [3.8, 4) is 0 Å². The van der Waals surface area contributed by atoms with Gasteiger partial charge in [0.2, 0.25) is 0 Å². The average molecular weight is 494 g/mol. The topological polar surface area (TPSA) is 3.24 Å². The Kier molecular flexibility index (Phi) is 4.69. The molecule has 0 amide bonds. The Morgan fingerprint density at radius 3 is 1.23 bits per heavy atom. The maximum atomic E-state index is 13.7. The molecule has 0 aliphatic carbocycles. The fraction of sp³-hybridized carbons (Fsp3) is 1.00. The average Bonchev–Trinajstić information content (AvgIpc) is 2.41. The van der Waals surface area contributed by atoms with Crippen LogP contribution in [0.3, 0.4) is 0 Å². The maximum absolute atomic E-state index is 13.7. The zero-order chi connectivity index (χ0) is 21.6. The summed E-state index contributed by atoms with van der Waals surface area (Å²) >= 11 is 0.339. The molecule has 0 radical (unpaired) electrons. The van der Waals surface area contributed by atoms with Crippen molar-refractivity contribution in [1.29, 1.82) is 0 Å². The van der Waals surface area contributed by atoms with Gasteiger partial charge in [0.25, 0.3) is 0 Å². The lowest BCUT2D eigenvalue weighted by atomic mass is 10.0. The lowest BCUT2D eigenvalue weighted by Gasteiger charge is -2.43. The van der Waals surface area contributed by atoms with Crippen LogP contribution in [0.2, 0.25) is 0 Å². The first-order valence-electron chi connectivity index (χ1n) is 5.38. The van der Waals surface area contributed by atoms with Crippen LogP contribution in [0.15, 0.2) is 0 Å². The van der Waals surface area contributed by atoms with Crippen LogP contribution in [-0.2, 0) is 0 Å². The highest BCUT2D eigenvalue weighted by atomic mass is 79.9. The van der Waals surface area contributed by atoms with Crippen molar-refractivity contribution < 1.29 is 70.2 Å². The standard InChI is InChI=1S/C8BrF16N/c9-1(10,5(16,17)18)7(22,23)26-4(15,6(19,20)21)2(11,12)3(13,14)8(26,24)25. The van der Waals surface area contributed by atoms with Crippen LogP contribution in [0.25, 0.3) is 0 Å². The van der Waals surface area contributed by atoms with E-state index in [4.69, 9.17) is 0 Å². The highest BCUT2D eigenvalue weighted by Crippen LogP contribution is 2.70. The Balaban J connectivity index is 3.98. The van der Waals surface area contributed by atoms with Crippen LogP contribution < -0.4 is 0 Å². The summed E-state index contributed by atoms with van der Waals surface area (Å²) in [4.78, 5) is -4.16. The molecule has 0 spiro atoms. The molecular formula is C8BrF16N. The van der Waals surface area contributed by atoms with Gasteiger partial charge in [-0.25, -0.2) is 8.78 Å². The molecule has 1 aliphatic heterocycles. The second-order valence-electron chi connectivity index (χ2n) is 4.76. The van der Waals surface area contributed by atoms with Gasteiger partial charge >= 0.3 is 46.7 Å². The number of hydrogen-bond acceptors (Lipinski definition) is 1. The van der Waals surface area contributed by atoms with Gasteiger partial charge in [-0.1, -0.05) is 0 Å². The molecule has 0 aromatic rings. The van der Waals surface area contributed by atoms with Gasteiger partial charge in [0.15, 0.2) is 0 Å². The largest absolute Gasteiger partial charge is 0.443 e. The number of alkyl halides is 17. The molecule has 1 heterocycles. The van der Waals surface area contributed by atoms with Gasteiger partial charge in [0.05, 0.1) is 0 Å². The second kappa shape index (κ2) is 5.22. The van der Waals surface area contributed by atoms with Gasteiger partial charge in [-0.3, -0.25) is 0 Å². The summed E-state index contributed by atoms with van der Waals surface area (Å²) < 4.78 is 200. The van der Waals surface area contributed by atoms with Crippen LogP contribution in [0.4, 0.5) is 70.2 Å². The van der Waals surface area contributed by atoms with Gasteiger partial charge in [0, 0.05) is 0 Å². The van der Waals surface area contributed by atoms with E-state index < -0.39 is 51.6 Å². The molecule has 1 nitrogen and oxygen atoms in total. The third-order valence-electron chi connectivity index (χ3n) is 3.17. The molecule has 0 aromatic heterocycles. The fourth-order valence-electron chi connectivity index (χ4n) is 1.86. The summed E-state index contributed by atoms with van der Waals surface area (Å²) in [5.41, 5.74) is 0. The summed E-state index contributed by atoms with van der Waals surface area (Å²) in [6, 6.07) is -15.3. The van der Waals surface area contributed by atoms with Crippen molar-refractivity contribution >= 4 is 15.9 Å². The summed E-state index contributed by atoms with van der Waals surface area (Å²) in [6.07, 6.45) is -14.9. The van der Waals surface area contributed by atoms with Gasteiger partial charge in [-0.15, -0.1) is 4.90 Å². The molecule has 1 aliphatic rings. The highest BCUT2D eigenvalue weighted by molar-refractivity contribution is 9.10. The van der Waals surface area contributed by atoms with Gasteiger partial charge in [-0.05, 0) is 15.9 Å². The number of halogens is 17. The summed E-state index contributed by atoms with van der Waals surface area (Å²) in [6.45, 7) is 0. The van der Waals surface area contributed by atoms with E-state index in [2.05, 4.69) is 0 Å². The monoisotopic (exact) mass is 493 g/mol. The molecule has 1 fully saturated rings. The summed E-state index contributed by atoms with van der Waals surface area (Å²) in [5.74, 6) is -23.2. The number of nitrogens with zero attached hydrogens (tertiary/aromatic N) is 1. The molecule has 2 unspecified atom stereocenters. The number of rotatable bonds is 2. The molecule has 156 valence electrons. The summed E-state index contributed by atoms with van der Waals surface area (Å²) in [5, 5.41) is 0. The molecule has 1 rings (SSSR count). The lowest BCUT2D eigenvalue weighted by Crippen LogP contribution is -2.72. The molecule has 18 heteroatoms. The van der Waals surface area contributed by atoms with E-state index >= 15 is 0 Å². The predicted molar refractivity (Wildman–Crippen MR) is 50.3 cm³/mol. The Hall–Kier alpha value is -0.680. The number of hydrogen-bond donors (Lipinski definition) is 0. The third kappa shape index (κ3) is 2.28. The quantitative estimate of drug-likeness (QED) is 0.274. The minimum Gasteiger partial charge on any atom is -0.212 e. The zero-order valence-electron chi connectivity index (χ0n) is 10.9. The van der Waals surface area contributed by atoms with E-state index in [1.54, 1.807) is 0 Å². The minimum atomic E-state index is -7.80. The van der Waals surface area contributed by atoms with Gasteiger partial charge in [0.1, 0.15) is 0 Å². The van der Waals surface area contributed by atoms with Crippen molar-refractivity contribution in [2.75, 3.05) is 0 Å². The highest BCUT2D eigenvalue weighted by Gasteiger charge is 3.02. The van der Waals surface area contributed by atoms with Gasteiger partial charge < -0.3 is 0 Å². The van der Waals surface area contributed by atoms with Crippen molar-refractivity contribution in [2.45, 2.75) is 46.7 Å². The molecule has 26 heavy (non-hydrogen) atoms. The third-order valence-corrected chi connectivity index (χ3v) is 4.09. The normalized spacial score (nSPS) is 31.7. The molecule has 0 N–H and O–H groups in total. The predicted octanol–water partition coefficient (Wildman–Crippen LogP) is 5.61. The van der Waals surface area contributed by atoms with Crippen LogP contribution in [0, 0.1) is 0 Å². The molecule has 0 bridgehead atoms. The molecule has 0 aromatic carbocycles. The van der Waals surface area contributed by atoms with Crippen molar-refractivity contribution in [3.05, 3.63) is 0 Å². The molecular weight excluding hydrogens is 494 g/mol. The minimum absolute atomic E-state index is 0.339. The Bertz CT molecular complexity index is 574. The Morgan fingerprint density at radius 1 is 0.615 bits per heavy atom. The van der Waals surface area contributed by atoms with E-state index in [9.17, 15) is 70.2 Å². The second-order valence-corrected chi connectivity index (χ2v) is 5.85. The maximum Gasteiger partial charge on any atom is 0.443 e. The first-order valence-corrected chi connectivity index (χ1v) is 6.18. The van der Waals surface area contributed by atoms with Crippen LogP contribution >= 0.6 is 15.9 Å². The Morgan fingerprint density at radius 2 is 0.962 bits per heavy atom. The lowest BCUT2D eigenvalue weighted by molar-refractivity contribution is -0.423. The van der Waals surface area contributed by atoms with E-state index in [1.165, 1.54) is 0 Å². The fourth-order valence-corrected chi connectivity index (χ4v) is 2.03. The van der Waals surface area contributed by atoms with Crippen molar-refractivity contribution in [3.63, 3.8) is 0 Å². The first kappa shape index (κ1) is 23.4.